The van der Waals surface area contributed by atoms with E-state index < -0.39 is 0 Å². The molecule has 130 valence electrons. The van der Waals surface area contributed by atoms with E-state index in [1.54, 1.807) is 12.3 Å². The molecule has 3 rings (SSSR count). The van der Waals surface area contributed by atoms with Gasteiger partial charge in [0, 0.05) is 49.3 Å². The Labute approximate surface area is 141 Å². The number of aromatic nitrogens is 1. The number of aliphatic hydroxyl groups is 1. The van der Waals surface area contributed by atoms with E-state index in [9.17, 15) is 14.3 Å². The Hall–Kier alpha value is -1.92. The maximum atomic E-state index is 13.2. The molecular formula is C18H24FN3O2. The van der Waals surface area contributed by atoms with Gasteiger partial charge in [-0.05, 0) is 30.2 Å². The van der Waals surface area contributed by atoms with Gasteiger partial charge in [0.25, 0.3) is 0 Å². The van der Waals surface area contributed by atoms with E-state index in [2.05, 4.69) is 16.8 Å². The average molecular weight is 333 g/mol. The van der Waals surface area contributed by atoms with Crippen LogP contribution >= 0.6 is 0 Å². The fourth-order valence-corrected chi connectivity index (χ4v) is 3.42. The second kappa shape index (κ2) is 7.32. The summed E-state index contributed by atoms with van der Waals surface area (Å²) in [5, 5.41) is 10.3. The number of rotatable bonds is 5. The largest absolute Gasteiger partial charge is 0.395 e. The molecule has 24 heavy (non-hydrogen) atoms. The van der Waals surface area contributed by atoms with Crippen molar-refractivity contribution in [1.82, 2.24) is 14.8 Å². The highest BCUT2D eigenvalue weighted by Crippen LogP contribution is 2.20. The quantitative estimate of drug-likeness (QED) is 0.877. The van der Waals surface area contributed by atoms with Crippen LogP contribution in [-0.2, 0) is 11.2 Å². The summed E-state index contributed by atoms with van der Waals surface area (Å²) in [6.07, 6.45) is 3.02. The van der Waals surface area contributed by atoms with Gasteiger partial charge in [-0.3, -0.25) is 9.69 Å². The molecule has 1 aliphatic rings. The number of aromatic amines is 1. The van der Waals surface area contributed by atoms with Gasteiger partial charge in [-0.2, -0.15) is 0 Å². The zero-order valence-corrected chi connectivity index (χ0v) is 14.0. The molecule has 1 fully saturated rings. The second-order valence-corrected chi connectivity index (χ2v) is 6.34. The van der Waals surface area contributed by atoms with Crippen molar-refractivity contribution in [1.29, 1.82) is 0 Å². The Balaban J connectivity index is 1.61. The van der Waals surface area contributed by atoms with Crippen LogP contribution in [0.15, 0.2) is 24.4 Å². The smallest absolute Gasteiger partial charge is 0.227 e. The van der Waals surface area contributed by atoms with Crippen molar-refractivity contribution in [3.63, 3.8) is 0 Å². The topological polar surface area (TPSA) is 59.6 Å². The van der Waals surface area contributed by atoms with Gasteiger partial charge in [-0.25, -0.2) is 4.39 Å². The fraction of sp³-hybridized carbons (Fsp3) is 0.500. The first-order valence-corrected chi connectivity index (χ1v) is 8.50. The molecule has 0 aliphatic carbocycles. The molecule has 2 aromatic rings. The summed E-state index contributed by atoms with van der Waals surface area (Å²) >= 11 is 0. The van der Waals surface area contributed by atoms with Crippen LogP contribution in [0.3, 0.4) is 0 Å². The van der Waals surface area contributed by atoms with Crippen molar-refractivity contribution in [3.05, 3.63) is 35.8 Å². The molecule has 0 bridgehead atoms. The molecule has 0 saturated carbocycles. The Bertz CT molecular complexity index is 703. The van der Waals surface area contributed by atoms with Gasteiger partial charge in [0.1, 0.15) is 5.82 Å². The zero-order chi connectivity index (χ0) is 17.1. The van der Waals surface area contributed by atoms with Crippen molar-refractivity contribution >= 4 is 16.8 Å². The summed E-state index contributed by atoms with van der Waals surface area (Å²) in [5.41, 5.74) is 1.62. The SMILES string of the molecule is CCC(CO)N1CCN(C(=O)Cc2c[nH]c3cc(F)ccc23)CC1. The number of hydrogen-bond acceptors (Lipinski definition) is 3. The maximum Gasteiger partial charge on any atom is 0.227 e. The number of H-pyrrole nitrogens is 1. The van der Waals surface area contributed by atoms with Crippen LogP contribution in [0.5, 0.6) is 0 Å². The molecule has 2 heterocycles. The fourth-order valence-electron chi connectivity index (χ4n) is 3.42. The first kappa shape index (κ1) is 16.9. The molecule has 1 amide bonds. The van der Waals surface area contributed by atoms with E-state index in [0.717, 1.165) is 36.0 Å². The van der Waals surface area contributed by atoms with E-state index in [-0.39, 0.29) is 24.4 Å². The molecular weight excluding hydrogens is 309 g/mol. The van der Waals surface area contributed by atoms with Gasteiger partial charge >= 0.3 is 0 Å². The molecule has 1 aliphatic heterocycles. The standard InChI is InChI=1S/C18H24FN3O2/c1-2-15(12-23)21-5-7-22(8-6-21)18(24)9-13-11-20-17-10-14(19)3-4-16(13)17/h3-4,10-11,15,20,23H,2,5-9,12H2,1H3. The van der Waals surface area contributed by atoms with Crippen LogP contribution in [0.1, 0.15) is 18.9 Å². The lowest BCUT2D eigenvalue weighted by Gasteiger charge is -2.38. The Morgan fingerprint density at radius 3 is 2.75 bits per heavy atom. The van der Waals surface area contributed by atoms with Crippen molar-refractivity contribution in [2.75, 3.05) is 32.8 Å². The molecule has 1 unspecified atom stereocenters. The highest BCUT2D eigenvalue weighted by atomic mass is 19.1. The molecule has 1 aromatic heterocycles. The van der Waals surface area contributed by atoms with Gasteiger partial charge in [0.15, 0.2) is 0 Å². The first-order chi connectivity index (χ1) is 11.6. The molecule has 0 radical (unpaired) electrons. The third-order valence-electron chi connectivity index (χ3n) is 4.94. The number of nitrogens with one attached hydrogen (secondary N) is 1. The predicted molar refractivity (Wildman–Crippen MR) is 91.3 cm³/mol. The number of carbonyl (C=O) groups excluding carboxylic acids is 1. The molecule has 5 nitrogen and oxygen atoms in total. The van der Waals surface area contributed by atoms with Crippen LogP contribution in [0.2, 0.25) is 0 Å². The second-order valence-electron chi connectivity index (χ2n) is 6.34. The lowest BCUT2D eigenvalue weighted by atomic mass is 10.1. The van der Waals surface area contributed by atoms with Gasteiger partial charge in [0.05, 0.1) is 13.0 Å². The van der Waals surface area contributed by atoms with Crippen molar-refractivity contribution in [3.8, 4) is 0 Å². The minimum Gasteiger partial charge on any atom is -0.395 e. The zero-order valence-electron chi connectivity index (χ0n) is 14.0. The first-order valence-electron chi connectivity index (χ1n) is 8.50. The third-order valence-corrected chi connectivity index (χ3v) is 4.94. The lowest BCUT2D eigenvalue weighted by Crippen LogP contribution is -2.53. The summed E-state index contributed by atoms with van der Waals surface area (Å²) in [4.78, 5) is 19.7. The van der Waals surface area contributed by atoms with Crippen molar-refractivity contribution in [2.24, 2.45) is 0 Å². The monoisotopic (exact) mass is 333 g/mol. The molecule has 2 N–H and O–H groups in total. The molecule has 1 aromatic carbocycles. The summed E-state index contributed by atoms with van der Waals surface area (Å²) in [6.45, 7) is 5.20. The van der Waals surface area contributed by atoms with Crippen molar-refractivity contribution < 1.29 is 14.3 Å². The van der Waals surface area contributed by atoms with Crippen molar-refractivity contribution in [2.45, 2.75) is 25.8 Å². The van der Waals surface area contributed by atoms with Crippen LogP contribution in [0, 0.1) is 5.82 Å². The number of aliphatic hydroxyl groups excluding tert-OH is 1. The molecule has 6 heteroatoms. The number of piperazine rings is 1. The van der Waals surface area contributed by atoms with Gasteiger partial charge in [-0.15, -0.1) is 0 Å². The van der Waals surface area contributed by atoms with Gasteiger partial charge in [0.2, 0.25) is 5.91 Å². The van der Waals surface area contributed by atoms with Crippen LogP contribution in [-0.4, -0.2) is 64.6 Å². The van der Waals surface area contributed by atoms with E-state index in [0.29, 0.717) is 19.5 Å². The molecule has 1 atom stereocenters. The Kier molecular flexibility index (Phi) is 5.16. The minimum atomic E-state index is -0.285. The van der Waals surface area contributed by atoms with Gasteiger partial charge < -0.3 is 15.0 Å². The number of amides is 1. The average Bonchev–Trinajstić information content (AvgIpc) is 2.98. The number of fused-ring (bicyclic) bond motifs is 1. The summed E-state index contributed by atoms with van der Waals surface area (Å²) < 4.78 is 13.2. The van der Waals surface area contributed by atoms with Crippen LogP contribution in [0.25, 0.3) is 10.9 Å². The Morgan fingerprint density at radius 1 is 1.33 bits per heavy atom. The highest BCUT2D eigenvalue weighted by molar-refractivity contribution is 5.89. The number of benzene rings is 1. The van der Waals surface area contributed by atoms with Gasteiger partial charge in [-0.1, -0.05) is 6.92 Å². The number of halogens is 1. The van der Waals surface area contributed by atoms with Crippen LogP contribution in [0.4, 0.5) is 4.39 Å². The van der Waals surface area contributed by atoms with E-state index in [1.807, 2.05) is 4.90 Å². The van der Waals surface area contributed by atoms with E-state index in [4.69, 9.17) is 0 Å². The number of carbonyl (C=O) groups is 1. The normalized spacial score (nSPS) is 17.4. The highest BCUT2D eigenvalue weighted by Gasteiger charge is 2.25. The lowest BCUT2D eigenvalue weighted by molar-refractivity contribution is -0.132. The third kappa shape index (κ3) is 3.44. The molecule has 0 spiro atoms. The molecule has 1 saturated heterocycles. The minimum absolute atomic E-state index is 0.0944. The van der Waals surface area contributed by atoms with E-state index >= 15 is 0 Å². The maximum absolute atomic E-state index is 13.2. The Morgan fingerprint density at radius 2 is 2.08 bits per heavy atom. The summed E-state index contributed by atoms with van der Waals surface area (Å²) in [5.74, 6) is -0.190. The summed E-state index contributed by atoms with van der Waals surface area (Å²) in [7, 11) is 0. The number of hydrogen-bond donors (Lipinski definition) is 2. The summed E-state index contributed by atoms with van der Waals surface area (Å²) in [6, 6.07) is 4.77. The van der Waals surface area contributed by atoms with Crippen LogP contribution < -0.4 is 0 Å². The van der Waals surface area contributed by atoms with E-state index in [1.165, 1.54) is 12.1 Å². The predicted octanol–water partition coefficient (Wildman–Crippen LogP) is 1.76. The number of nitrogens with zero attached hydrogens (tertiary/aromatic N) is 2.